The van der Waals surface area contributed by atoms with E-state index in [1.807, 2.05) is 61.0 Å². The number of hydrogen-bond acceptors (Lipinski definition) is 4. The van der Waals surface area contributed by atoms with Gasteiger partial charge in [-0.2, -0.15) is 0 Å². The highest BCUT2D eigenvalue weighted by molar-refractivity contribution is 7.98. The number of aryl methyl sites for hydroxylation is 1. The van der Waals surface area contributed by atoms with Crippen molar-refractivity contribution in [3.8, 4) is 5.75 Å². The number of aromatic nitrogens is 3. The second-order valence-corrected chi connectivity index (χ2v) is 7.31. The summed E-state index contributed by atoms with van der Waals surface area (Å²) < 4.78 is 7.72. The standard InChI is InChI=1S/C18H17Cl2N3OS/c1-12-5-3-6-13(9-12)24-10-17-21-22-18(23(17)2)25-11-14-15(19)7-4-8-16(14)20/h3-9H,10-11H2,1-2H3. The number of thioether (sulfide) groups is 1. The molecule has 25 heavy (non-hydrogen) atoms. The maximum atomic E-state index is 6.21. The molecule has 0 fully saturated rings. The lowest BCUT2D eigenvalue weighted by molar-refractivity contribution is 0.290. The van der Waals surface area contributed by atoms with Gasteiger partial charge in [-0.1, -0.05) is 53.2 Å². The molecule has 0 aliphatic carbocycles. The molecule has 0 saturated carbocycles. The summed E-state index contributed by atoms with van der Waals surface area (Å²) in [4.78, 5) is 0. The third kappa shape index (κ3) is 4.48. The molecule has 1 aromatic heterocycles. The Bertz CT molecular complexity index is 862. The molecule has 0 spiro atoms. The number of halogens is 2. The fourth-order valence-corrected chi connectivity index (χ4v) is 3.93. The average molecular weight is 394 g/mol. The lowest BCUT2D eigenvalue weighted by atomic mass is 10.2. The average Bonchev–Trinajstić information content (AvgIpc) is 2.93. The minimum atomic E-state index is 0.361. The van der Waals surface area contributed by atoms with Gasteiger partial charge in [0.1, 0.15) is 12.4 Å². The molecule has 130 valence electrons. The minimum absolute atomic E-state index is 0.361. The van der Waals surface area contributed by atoms with Gasteiger partial charge in [-0.25, -0.2) is 0 Å². The fourth-order valence-electron chi connectivity index (χ4n) is 2.26. The third-order valence-electron chi connectivity index (χ3n) is 3.69. The summed E-state index contributed by atoms with van der Waals surface area (Å²) in [6, 6.07) is 13.4. The van der Waals surface area contributed by atoms with Gasteiger partial charge in [0.2, 0.25) is 0 Å². The van der Waals surface area contributed by atoms with Crippen LogP contribution in [-0.2, 0) is 19.4 Å². The lowest BCUT2D eigenvalue weighted by Crippen LogP contribution is -2.04. The van der Waals surface area contributed by atoms with E-state index in [9.17, 15) is 0 Å². The van der Waals surface area contributed by atoms with Crippen LogP contribution in [-0.4, -0.2) is 14.8 Å². The van der Waals surface area contributed by atoms with Gasteiger partial charge in [0.25, 0.3) is 0 Å². The largest absolute Gasteiger partial charge is 0.486 e. The quantitative estimate of drug-likeness (QED) is 0.532. The zero-order chi connectivity index (χ0) is 17.8. The van der Waals surface area contributed by atoms with Crippen molar-refractivity contribution in [3.05, 3.63) is 69.5 Å². The highest BCUT2D eigenvalue weighted by Gasteiger charge is 2.12. The van der Waals surface area contributed by atoms with E-state index in [4.69, 9.17) is 27.9 Å². The van der Waals surface area contributed by atoms with E-state index in [0.717, 1.165) is 27.9 Å². The Morgan fingerprint density at radius 1 is 1.08 bits per heavy atom. The minimum Gasteiger partial charge on any atom is -0.486 e. The summed E-state index contributed by atoms with van der Waals surface area (Å²) in [5.41, 5.74) is 2.06. The van der Waals surface area contributed by atoms with E-state index in [1.165, 1.54) is 11.8 Å². The van der Waals surface area contributed by atoms with Crippen molar-refractivity contribution in [2.45, 2.75) is 24.4 Å². The lowest BCUT2D eigenvalue weighted by Gasteiger charge is -2.08. The molecular formula is C18H17Cl2N3OS. The highest BCUT2D eigenvalue weighted by Crippen LogP contribution is 2.30. The molecule has 0 saturated heterocycles. The van der Waals surface area contributed by atoms with Gasteiger partial charge in [-0.3, -0.25) is 0 Å². The van der Waals surface area contributed by atoms with Crippen molar-refractivity contribution in [2.24, 2.45) is 7.05 Å². The van der Waals surface area contributed by atoms with Gasteiger partial charge in [0.05, 0.1) is 0 Å². The van der Waals surface area contributed by atoms with Gasteiger partial charge in [0.15, 0.2) is 11.0 Å². The molecule has 7 heteroatoms. The molecule has 0 atom stereocenters. The Kier molecular flexibility index (Phi) is 5.89. The molecule has 0 amide bonds. The first kappa shape index (κ1) is 18.1. The van der Waals surface area contributed by atoms with E-state index in [2.05, 4.69) is 10.2 Å². The Morgan fingerprint density at radius 3 is 2.52 bits per heavy atom. The van der Waals surface area contributed by atoms with Crippen LogP contribution in [0.1, 0.15) is 17.0 Å². The second kappa shape index (κ2) is 8.13. The summed E-state index contributed by atoms with van der Waals surface area (Å²) in [5, 5.41) is 10.5. The van der Waals surface area contributed by atoms with E-state index >= 15 is 0 Å². The number of benzene rings is 2. The first-order chi connectivity index (χ1) is 12.0. The van der Waals surface area contributed by atoms with Gasteiger partial charge < -0.3 is 9.30 Å². The molecule has 0 bridgehead atoms. The Labute approximate surface area is 161 Å². The van der Waals surface area contributed by atoms with Crippen molar-refractivity contribution in [1.29, 1.82) is 0 Å². The maximum absolute atomic E-state index is 6.21. The van der Waals surface area contributed by atoms with Crippen molar-refractivity contribution >= 4 is 35.0 Å². The van der Waals surface area contributed by atoms with Crippen LogP contribution >= 0.6 is 35.0 Å². The molecule has 3 rings (SSSR count). The van der Waals surface area contributed by atoms with Crippen LogP contribution in [0.5, 0.6) is 5.75 Å². The molecule has 4 nitrogen and oxygen atoms in total. The van der Waals surface area contributed by atoms with Crippen LogP contribution in [0.25, 0.3) is 0 Å². The molecule has 0 radical (unpaired) electrons. The van der Waals surface area contributed by atoms with Crippen molar-refractivity contribution < 1.29 is 4.74 Å². The number of rotatable bonds is 6. The molecule has 2 aromatic carbocycles. The van der Waals surface area contributed by atoms with Gasteiger partial charge in [-0.05, 0) is 42.3 Å². The number of hydrogen-bond donors (Lipinski definition) is 0. The molecular weight excluding hydrogens is 377 g/mol. The topological polar surface area (TPSA) is 39.9 Å². The zero-order valence-electron chi connectivity index (χ0n) is 13.9. The summed E-state index contributed by atoms with van der Waals surface area (Å²) >= 11 is 14.0. The van der Waals surface area contributed by atoms with Crippen LogP contribution in [0, 0.1) is 6.92 Å². The zero-order valence-corrected chi connectivity index (χ0v) is 16.2. The smallest absolute Gasteiger partial charge is 0.191 e. The Hall–Kier alpha value is -1.69. The van der Waals surface area contributed by atoms with Gasteiger partial charge in [-0.15, -0.1) is 10.2 Å². The van der Waals surface area contributed by atoms with E-state index in [0.29, 0.717) is 22.4 Å². The summed E-state index contributed by atoms with van der Waals surface area (Å²) in [7, 11) is 1.92. The maximum Gasteiger partial charge on any atom is 0.191 e. The molecule has 3 aromatic rings. The molecule has 0 aliphatic heterocycles. The Morgan fingerprint density at radius 2 is 1.80 bits per heavy atom. The van der Waals surface area contributed by atoms with Crippen LogP contribution in [0.3, 0.4) is 0 Å². The summed E-state index contributed by atoms with van der Waals surface area (Å²) in [6.07, 6.45) is 0. The van der Waals surface area contributed by atoms with Gasteiger partial charge in [0, 0.05) is 22.8 Å². The van der Waals surface area contributed by atoms with Crippen LogP contribution < -0.4 is 4.74 Å². The molecule has 1 heterocycles. The number of ether oxygens (including phenoxy) is 1. The normalized spacial score (nSPS) is 10.9. The summed E-state index contributed by atoms with van der Waals surface area (Å²) in [5.74, 6) is 2.21. The van der Waals surface area contributed by atoms with E-state index < -0.39 is 0 Å². The van der Waals surface area contributed by atoms with Crippen LogP contribution in [0.2, 0.25) is 10.0 Å². The van der Waals surface area contributed by atoms with Crippen LogP contribution in [0.15, 0.2) is 47.6 Å². The first-order valence-corrected chi connectivity index (χ1v) is 9.42. The van der Waals surface area contributed by atoms with E-state index in [-0.39, 0.29) is 0 Å². The first-order valence-electron chi connectivity index (χ1n) is 7.68. The second-order valence-electron chi connectivity index (χ2n) is 5.55. The number of nitrogens with zero attached hydrogens (tertiary/aromatic N) is 3. The predicted molar refractivity (Wildman–Crippen MR) is 103 cm³/mol. The third-order valence-corrected chi connectivity index (χ3v) is 5.44. The molecule has 0 aliphatic rings. The van der Waals surface area contributed by atoms with Crippen molar-refractivity contribution in [3.63, 3.8) is 0 Å². The summed E-state index contributed by atoms with van der Waals surface area (Å²) in [6.45, 7) is 2.39. The van der Waals surface area contributed by atoms with Crippen LogP contribution in [0.4, 0.5) is 0 Å². The highest BCUT2D eigenvalue weighted by atomic mass is 35.5. The fraction of sp³-hybridized carbons (Fsp3) is 0.222. The van der Waals surface area contributed by atoms with Gasteiger partial charge >= 0.3 is 0 Å². The molecule has 0 N–H and O–H groups in total. The SMILES string of the molecule is Cc1cccc(OCc2nnc(SCc3c(Cl)cccc3Cl)n2C)c1. The predicted octanol–water partition coefficient (Wildman–Crippen LogP) is 5.30. The Balaban J connectivity index is 1.65. The van der Waals surface area contributed by atoms with E-state index in [1.54, 1.807) is 0 Å². The van der Waals surface area contributed by atoms with Crippen molar-refractivity contribution in [1.82, 2.24) is 14.8 Å². The molecule has 0 unspecified atom stereocenters. The van der Waals surface area contributed by atoms with Crippen molar-refractivity contribution in [2.75, 3.05) is 0 Å². The monoisotopic (exact) mass is 393 g/mol.